The molecule has 3 rings (SSSR count). The summed E-state index contributed by atoms with van der Waals surface area (Å²) in [7, 11) is 0. The van der Waals surface area contributed by atoms with Gasteiger partial charge in [0.25, 0.3) is 0 Å². The van der Waals surface area contributed by atoms with Crippen molar-refractivity contribution in [1.29, 1.82) is 0 Å². The van der Waals surface area contributed by atoms with E-state index < -0.39 is 11.1 Å². The number of carbonyl (C=O) groups is 1. The zero-order chi connectivity index (χ0) is 16.9. The molecular weight excluding hydrogens is 347 g/mol. The molecule has 5 nitrogen and oxygen atoms in total. The number of aromatic amines is 1. The number of nitrogens with one attached hydrogen (secondary N) is 2. The Morgan fingerprint density at radius 3 is 2.96 bits per heavy atom. The van der Waals surface area contributed by atoms with Crippen LogP contribution in [0.15, 0.2) is 46.9 Å². The van der Waals surface area contributed by atoms with E-state index in [1.807, 2.05) is 17.5 Å². The van der Waals surface area contributed by atoms with Crippen molar-refractivity contribution in [2.75, 3.05) is 5.32 Å². The van der Waals surface area contributed by atoms with E-state index in [9.17, 15) is 9.18 Å². The van der Waals surface area contributed by atoms with Crippen molar-refractivity contribution in [2.24, 2.45) is 0 Å². The van der Waals surface area contributed by atoms with Gasteiger partial charge >= 0.3 is 0 Å². The van der Waals surface area contributed by atoms with Crippen LogP contribution in [-0.2, 0) is 11.2 Å². The van der Waals surface area contributed by atoms with Gasteiger partial charge in [-0.1, -0.05) is 30.0 Å². The van der Waals surface area contributed by atoms with Crippen LogP contribution in [0.1, 0.15) is 17.6 Å². The van der Waals surface area contributed by atoms with E-state index in [0.717, 1.165) is 5.82 Å². The van der Waals surface area contributed by atoms with Crippen LogP contribution in [0.5, 0.6) is 0 Å². The second-order valence-corrected chi connectivity index (χ2v) is 7.39. The highest BCUT2D eigenvalue weighted by Gasteiger charge is 2.18. The first-order valence-corrected chi connectivity index (χ1v) is 9.03. The molecular formula is C16H15FN4OS2. The number of nitrogens with zero attached hydrogens (tertiary/aromatic N) is 2. The standard InChI is InChI=1S/C16H15FN4OS2/c1-10(15(22)18-13-7-3-2-6-12(13)17)24-16-19-14(20-21-16)9-11-5-4-8-23-11/h2-8,10H,9H2,1H3,(H,18,22)(H,19,20,21). The van der Waals surface area contributed by atoms with Gasteiger partial charge in [-0.2, -0.15) is 0 Å². The number of anilines is 1. The average Bonchev–Trinajstić information content (AvgIpc) is 3.22. The molecule has 1 atom stereocenters. The molecule has 1 unspecified atom stereocenters. The van der Waals surface area contributed by atoms with Gasteiger partial charge in [-0.05, 0) is 30.5 Å². The zero-order valence-electron chi connectivity index (χ0n) is 12.8. The third-order valence-electron chi connectivity index (χ3n) is 3.22. The van der Waals surface area contributed by atoms with Crippen molar-refractivity contribution in [3.8, 4) is 0 Å². The molecule has 2 aromatic heterocycles. The van der Waals surface area contributed by atoms with Gasteiger partial charge in [0, 0.05) is 11.3 Å². The fourth-order valence-corrected chi connectivity index (χ4v) is 3.45. The van der Waals surface area contributed by atoms with Crippen LogP contribution in [-0.4, -0.2) is 26.3 Å². The number of amides is 1. The van der Waals surface area contributed by atoms with E-state index in [0.29, 0.717) is 11.6 Å². The summed E-state index contributed by atoms with van der Waals surface area (Å²) in [5, 5.41) is 11.6. The number of thioether (sulfide) groups is 1. The Kier molecular flexibility index (Phi) is 5.27. The van der Waals surface area contributed by atoms with Crippen LogP contribution in [0.25, 0.3) is 0 Å². The molecule has 0 saturated carbocycles. The summed E-state index contributed by atoms with van der Waals surface area (Å²) in [6, 6.07) is 10.1. The van der Waals surface area contributed by atoms with Crippen LogP contribution in [0.3, 0.4) is 0 Å². The molecule has 0 saturated heterocycles. The average molecular weight is 362 g/mol. The maximum atomic E-state index is 13.6. The van der Waals surface area contributed by atoms with E-state index in [-0.39, 0.29) is 11.6 Å². The number of benzene rings is 1. The number of hydrogen-bond acceptors (Lipinski definition) is 5. The van der Waals surface area contributed by atoms with Crippen LogP contribution in [0, 0.1) is 5.82 Å². The molecule has 1 aromatic carbocycles. The predicted octanol–water partition coefficient (Wildman–Crippen LogP) is 3.72. The molecule has 124 valence electrons. The molecule has 2 heterocycles. The fraction of sp³-hybridized carbons (Fsp3) is 0.188. The van der Waals surface area contributed by atoms with Crippen LogP contribution in [0.2, 0.25) is 0 Å². The van der Waals surface area contributed by atoms with Crippen molar-refractivity contribution >= 4 is 34.7 Å². The van der Waals surface area contributed by atoms with Crippen molar-refractivity contribution in [2.45, 2.75) is 23.8 Å². The minimum Gasteiger partial charge on any atom is -0.323 e. The normalized spacial score (nSPS) is 12.1. The highest BCUT2D eigenvalue weighted by molar-refractivity contribution is 8.00. The number of halogens is 1. The zero-order valence-corrected chi connectivity index (χ0v) is 14.5. The van der Waals surface area contributed by atoms with Gasteiger partial charge in [0.2, 0.25) is 11.1 Å². The highest BCUT2D eigenvalue weighted by Crippen LogP contribution is 2.22. The maximum absolute atomic E-state index is 13.6. The lowest BCUT2D eigenvalue weighted by molar-refractivity contribution is -0.115. The van der Waals surface area contributed by atoms with Gasteiger partial charge in [-0.15, -0.1) is 16.4 Å². The summed E-state index contributed by atoms with van der Waals surface area (Å²) in [5.41, 5.74) is 0.170. The van der Waals surface area contributed by atoms with Crippen LogP contribution < -0.4 is 5.32 Å². The summed E-state index contributed by atoms with van der Waals surface area (Å²) in [6.45, 7) is 1.73. The molecule has 3 aromatic rings. The molecule has 0 spiro atoms. The summed E-state index contributed by atoms with van der Waals surface area (Å²) >= 11 is 2.88. The second-order valence-electron chi connectivity index (χ2n) is 5.05. The van der Waals surface area contributed by atoms with Gasteiger partial charge in [0.05, 0.1) is 10.9 Å². The predicted molar refractivity (Wildman–Crippen MR) is 93.9 cm³/mol. The molecule has 2 N–H and O–H groups in total. The molecule has 1 amide bonds. The quantitative estimate of drug-likeness (QED) is 0.656. The number of aromatic nitrogens is 3. The number of carbonyl (C=O) groups excluding carboxylic acids is 1. The molecule has 0 aliphatic rings. The second kappa shape index (κ2) is 7.59. The van der Waals surface area contributed by atoms with Crippen LogP contribution >= 0.6 is 23.1 Å². The first-order chi connectivity index (χ1) is 11.6. The minimum absolute atomic E-state index is 0.170. The van der Waals surface area contributed by atoms with Crippen molar-refractivity contribution in [3.63, 3.8) is 0 Å². The summed E-state index contributed by atoms with van der Waals surface area (Å²) in [6.07, 6.45) is 0.682. The Morgan fingerprint density at radius 1 is 1.38 bits per heavy atom. The lowest BCUT2D eigenvalue weighted by atomic mass is 10.3. The van der Waals surface area contributed by atoms with Gasteiger partial charge in [-0.3, -0.25) is 9.89 Å². The first kappa shape index (κ1) is 16.7. The maximum Gasteiger partial charge on any atom is 0.237 e. The summed E-state index contributed by atoms with van der Waals surface area (Å²) < 4.78 is 13.6. The van der Waals surface area contributed by atoms with Crippen molar-refractivity contribution in [3.05, 3.63) is 58.3 Å². The minimum atomic E-state index is -0.459. The van der Waals surface area contributed by atoms with E-state index in [4.69, 9.17) is 0 Å². The lowest BCUT2D eigenvalue weighted by Crippen LogP contribution is -2.23. The van der Waals surface area contributed by atoms with E-state index in [1.54, 1.807) is 30.4 Å². The Morgan fingerprint density at radius 2 is 2.21 bits per heavy atom. The molecule has 0 radical (unpaired) electrons. The monoisotopic (exact) mass is 362 g/mol. The molecule has 24 heavy (non-hydrogen) atoms. The Bertz CT molecular complexity index is 819. The SMILES string of the molecule is CC(Sc1n[nH]c(Cc2cccs2)n1)C(=O)Nc1ccccc1F. The van der Waals surface area contributed by atoms with Gasteiger partial charge in [0.15, 0.2) is 0 Å². The van der Waals surface area contributed by atoms with E-state index in [2.05, 4.69) is 20.5 Å². The Labute approximate surface area is 146 Å². The van der Waals surface area contributed by atoms with Crippen molar-refractivity contribution in [1.82, 2.24) is 15.2 Å². The molecule has 0 bridgehead atoms. The third kappa shape index (κ3) is 4.21. The lowest BCUT2D eigenvalue weighted by Gasteiger charge is -2.10. The van der Waals surface area contributed by atoms with Crippen molar-refractivity contribution < 1.29 is 9.18 Å². The number of thiophene rings is 1. The van der Waals surface area contributed by atoms with E-state index in [1.165, 1.54) is 28.8 Å². The smallest absolute Gasteiger partial charge is 0.237 e. The summed E-state index contributed by atoms with van der Waals surface area (Å²) in [4.78, 5) is 17.7. The fourth-order valence-electron chi connectivity index (χ4n) is 2.00. The Balaban J connectivity index is 1.58. The largest absolute Gasteiger partial charge is 0.323 e. The number of hydrogen-bond donors (Lipinski definition) is 2. The summed E-state index contributed by atoms with van der Waals surface area (Å²) in [5.74, 6) is -0.00412. The molecule has 0 aliphatic carbocycles. The number of para-hydroxylation sites is 1. The van der Waals surface area contributed by atoms with Gasteiger partial charge < -0.3 is 5.32 Å². The highest BCUT2D eigenvalue weighted by atomic mass is 32.2. The molecule has 0 aliphatic heterocycles. The number of rotatable bonds is 6. The molecule has 8 heteroatoms. The van der Waals surface area contributed by atoms with Gasteiger partial charge in [-0.25, -0.2) is 9.37 Å². The van der Waals surface area contributed by atoms with Crippen LogP contribution in [0.4, 0.5) is 10.1 Å². The topological polar surface area (TPSA) is 70.7 Å². The third-order valence-corrected chi connectivity index (χ3v) is 5.05. The van der Waals surface area contributed by atoms with Gasteiger partial charge in [0.1, 0.15) is 11.6 Å². The number of H-pyrrole nitrogens is 1. The van der Waals surface area contributed by atoms with E-state index >= 15 is 0 Å². The Hall–Kier alpha value is -2.19. The molecule has 0 fully saturated rings. The first-order valence-electron chi connectivity index (χ1n) is 7.27.